The molecule has 3 heteroatoms. The molecule has 0 aliphatic rings. The summed E-state index contributed by atoms with van der Waals surface area (Å²) in [5.74, 6) is -0.516. The summed E-state index contributed by atoms with van der Waals surface area (Å²) in [6.07, 6.45) is 0. The maximum absolute atomic E-state index is 13.5. The van der Waals surface area contributed by atoms with Gasteiger partial charge in [-0.25, -0.2) is 9.18 Å². The van der Waals surface area contributed by atoms with Gasteiger partial charge in [0.1, 0.15) is 5.82 Å². The molecule has 0 aliphatic carbocycles. The van der Waals surface area contributed by atoms with Gasteiger partial charge in [-0.2, -0.15) is 0 Å². The zero-order valence-corrected chi connectivity index (χ0v) is 16.8. The first-order chi connectivity index (χ1) is 13.4. The fourth-order valence-corrected chi connectivity index (χ4v) is 3.58. The largest absolute Gasteiger partial charge is 0.462 e. The van der Waals surface area contributed by atoms with Gasteiger partial charge in [0.25, 0.3) is 0 Å². The number of rotatable bonds is 5. The Labute approximate surface area is 166 Å². The number of hydrogen-bond donors (Lipinski definition) is 0. The molecule has 0 spiro atoms. The van der Waals surface area contributed by atoms with E-state index in [1.807, 2.05) is 25.1 Å². The van der Waals surface area contributed by atoms with Gasteiger partial charge in [-0.05, 0) is 71.3 Å². The minimum absolute atomic E-state index is 0.127. The lowest BCUT2D eigenvalue weighted by atomic mass is 9.83. The minimum atomic E-state index is -0.340. The zero-order valence-electron chi connectivity index (χ0n) is 16.8. The molecule has 0 N–H and O–H groups in total. The third-order valence-corrected chi connectivity index (χ3v) is 4.94. The van der Waals surface area contributed by atoms with E-state index in [1.54, 1.807) is 19.1 Å². The van der Waals surface area contributed by atoms with Crippen molar-refractivity contribution in [2.24, 2.45) is 0 Å². The van der Waals surface area contributed by atoms with Crippen molar-refractivity contribution in [1.29, 1.82) is 0 Å². The lowest BCUT2D eigenvalue weighted by molar-refractivity contribution is 0.0525. The molecule has 0 saturated carbocycles. The van der Waals surface area contributed by atoms with Gasteiger partial charge in [-0.3, -0.25) is 0 Å². The van der Waals surface area contributed by atoms with Crippen molar-refractivity contribution in [3.05, 3.63) is 83.2 Å². The van der Waals surface area contributed by atoms with Crippen molar-refractivity contribution in [3.63, 3.8) is 0 Å². The van der Waals surface area contributed by atoms with Crippen LogP contribution in [-0.4, -0.2) is 12.6 Å². The highest BCUT2D eigenvalue weighted by Crippen LogP contribution is 2.39. The monoisotopic (exact) mass is 376 g/mol. The summed E-state index contributed by atoms with van der Waals surface area (Å²) < 4.78 is 18.9. The summed E-state index contributed by atoms with van der Waals surface area (Å²) in [6.45, 7) is 8.25. The van der Waals surface area contributed by atoms with Gasteiger partial charge in [0.2, 0.25) is 0 Å². The Morgan fingerprint density at radius 1 is 1.00 bits per heavy atom. The van der Waals surface area contributed by atoms with Crippen molar-refractivity contribution >= 4 is 5.97 Å². The molecule has 0 bridgehead atoms. The van der Waals surface area contributed by atoms with E-state index in [9.17, 15) is 9.18 Å². The van der Waals surface area contributed by atoms with Gasteiger partial charge in [-0.15, -0.1) is 0 Å². The molecule has 0 unspecified atom stereocenters. The molecular formula is C25H25FO2. The molecule has 3 aromatic carbocycles. The lowest BCUT2D eigenvalue weighted by Gasteiger charge is -2.22. The van der Waals surface area contributed by atoms with E-state index in [2.05, 4.69) is 32.0 Å². The Hall–Kier alpha value is -2.94. The summed E-state index contributed by atoms with van der Waals surface area (Å²) in [5, 5.41) is 0. The molecule has 0 amide bonds. The fourth-order valence-electron chi connectivity index (χ4n) is 3.58. The van der Waals surface area contributed by atoms with Crippen LogP contribution in [0.4, 0.5) is 4.39 Å². The lowest BCUT2D eigenvalue weighted by Crippen LogP contribution is -2.13. The molecule has 0 saturated heterocycles. The Morgan fingerprint density at radius 3 is 2.21 bits per heavy atom. The number of carbonyl (C=O) groups is 1. The van der Waals surface area contributed by atoms with Gasteiger partial charge in [0, 0.05) is 0 Å². The van der Waals surface area contributed by atoms with E-state index in [4.69, 9.17) is 4.74 Å². The normalized spacial score (nSPS) is 10.9. The Kier molecular flexibility index (Phi) is 5.93. The first-order valence-corrected chi connectivity index (χ1v) is 9.60. The Balaban J connectivity index is 2.39. The molecule has 0 aliphatic heterocycles. The van der Waals surface area contributed by atoms with Crippen molar-refractivity contribution in [1.82, 2.24) is 0 Å². The van der Waals surface area contributed by atoms with Crippen molar-refractivity contribution in [2.75, 3.05) is 6.61 Å². The average molecular weight is 376 g/mol. The smallest absolute Gasteiger partial charge is 0.339 e. The van der Waals surface area contributed by atoms with Crippen molar-refractivity contribution in [3.8, 4) is 22.3 Å². The summed E-state index contributed by atoms with van der Waals surface area (Å²) in [4.78, 5) is 12.9. The summed E-state index contributed by atoms with van der Waals surface area (Å²) in [5.41, 5.74) is 6.25. The van der Waals surface area contributed by atoms with Crippen LogP contribution in [-0.2, 0) is 4.74 Å². The summed E-state index contributed by atoms with van der Waals surface area (Å²) in [6, 6.07) is 18.5. The van der Waals surface area contributed by atoms with E-state index >= 15 is 0 Å². The highest BCUT2D eigenvalue weighted by Gasteiger charge is 2.25. The van der Waals surface area contributed by atoms with Crippen LogP contribution in [0.15, 0.2) is 60.7 Å². The second kappa shape index (κ2) is 8.39. The van der Waals surface area contributed by atoms with Crippen LogP contribution >= 0.6 is 0 Å². The molecular weight excluding hydrogens is 351 g/mol. The van der Waals surface area contributed by atoms with E-state index in [1.165, 1.54) is 12.1 Å². The molecule has 0 radical (unpaired) electrons. The third-order valence-electron chi connectivity index (χ3n) is 4.94. The second-order valence-corrected chi connectivity index (χ2v) is 7.14. The third kappa shape index (κ3) is 3.84. The summed E-state index contributed by atoms with van der Waals surface area (Å²) in [7, 11) is 0. The van der Waals surface area contributed by atoms with Gasteiger partial charge in [0.15, 0.2) is 0 Å². The standard InChI is InChI=1S/C25H25FO2/c1-5-28-25(27)24-21(16(2)3)15-22(18-9-7-6-8-10-18)17(4)23(24)19-11-13-20(26)14-12-19/h6-16H,5H2,1-4H3. The van der Waals surface area contributed by atoms with Crippen LogP contribution in [0.5, 0.6) is 0 Å². The molecule has 144 valence electrons. The van der Waals surface area contributed by atoms with E-state index in [-0.39, 0.29) is 17.7 Å². The zero-order chi connectivity index (χ0) is 20.3. The molecule has 28 heavy (non-hydrogen) atoms. The minimum Gasteiger partial charge on any atom is -0.462 e. The van der Waals surface area contributed by atoms with E-state index in [0.29, 0.717) is 12.2 Å². The second-order valence-electron chi connectivity index (χ2n) is 7.14. The number of carbonyl (C=O) groups excluding carboxylic acids is 1. The maximum Gasteiger partial charge on any atom is 0.339 e. The summed E-state index contributed by atoms with van der Waals surface area (Å²) >= 11 is 0. The van der Waals surface area contributed by atoms with Crippen molar-refractivity contribution < 1.29 is 13.9 Å². The van der Waals surface area contributed by atoms with Crippen LogP contribution < -0.4 is 0 Å². The van der Waals surface area contributed by atoms with Crippen LogP contribution in [0.25, 0.3) is 22.3 Å². The number of hydrogen-bond acceptors (Lipinski definition) is 2. The molecule has 0 heterocycles. The average Bonchev–Trinajstić information content (AvgIpc) is 2.69. The van der Waals surface area contributed by atoms with E-state index in [0.717, 1.165) is 33.4 Å². The van der Waals surface area contributed by atoms with Crippen LogP contribution in [0.2, 0.25) is 0 Å². The molecule has 2 nitrogen and oxygen atoms in total. The van der Waals surface area contributed by atoms with Crippen LogP contribution in [0.3, 0.4) is 0 Å². The number of esters is 1. The topological polar surface area (TPSA) is 26.3 Å². The number of halogens is 1. The first kappa shape index (κ1) is 19.8. The predicted octanol–water partition coefficient (Wildman–Crippen LogP) is 6.77. The quantitative estimate of drug-likeness (QED) is 0.459. The van der Waals surface area contributed by atoms with Crippen LogP contribution in [0, 0.1) is 12.7 Å². The van der Waals surface area contributed by atoms with Gasteiger partial charge in [-0.1, -0.05) is 56.3 Å². The highest BCUT2D eigenvalue weighted by molar-refractivity contribution is 6.02. The molecule has 0 aromatic heterocycles. The van der Waals surface area contributed by atoms with Gasteiger partial charge < -0.3 is 4.74 Å². The number of ether oxygens (including phenoxy) is 1. The van der Waals surface area contributed by atoms with Gasteiger partial charge >= 0.3 is 5.97 Å². The Bertz CT molecular complexity index is 974. The predicted molar refractivity (Wildman–Crippen MR) is 112 cm³/mol. The van der Waals surface area contributed by atoms with Gasteiger partial charge in [0.05, 0.1) is 12.2 Å². The molecule has 3 rings (SSSR count). The van der Waals surface area contributed by atoms with E-state index < -0.39 is 0 Å². The SMILES string of the molecule is CCOC(=O)c1c(C(C)C)cc(-c2ccccc2)c(C)c1-c1ccc(F)cc1. The fraction of sp³-hybridized carbons (Fsp3) is 0.240. The van der Waals surface area contributed by atoms with Crippen LogP contribution in [0.1, 0.15) is 48.2 Å². The Morgan fingerprint density at radius 2 is 1.64 bits per heavy atom. The number of benzene rings is 3. The highest BCUT2D eigenvalue weighted by atomic mass is 19.1. The molecule has 0 atom stereocenters. The maximum atomic E-state index is 13.5. The first-order valence-electron chi connectivity index (χ1n) is 9.60. The molecule has 3 aromatic rings. The van der Waals surface area contributed by atoms with Crippen molar-refractivity contribution in [2.45, 2.75) is 33.6 Å². The molecule has 0 fully saturated rings.